The normalized spacial score (nSPS) is 9.31. The average molecular weight is 194 g/mol. The van der Waals surface area contributed by atoms with E-state index in [9.17, 15) is 10.1 Å². The molecule has 0 saturated carbocycles. The Hall–Kier alpha value is -1.54. The van der Waals surface area contributed by atoms with Gasteiger partial charge in [-0.25, -0.2) is 0 Å². The van der Waals surface area contributed by atoms with Crippen molar-refractivity contribution >= 4 is 18.3 Å². The van der Waals surface area contributed by atoms with E-state index in [-0.39, 0.29) is 16.1 Å². The van der Waals surface area contributed by atoms with Gasteiger partial charge >= 0.3 is 5.69 Å². The van der Waals surface area contributed by atoms with Gasteiger partial charge in [-0.15, -0.1) is 12.6 Å². The minimum atomic E-state index is -0.589. The van der Waals surface area contributed by atoms with E-state index in [1.165, 1.54) is 6.07 Å². The van der Waals surface area contributed by atoms with Crippen molar-refractivity contribution in [2.24, 2.45) is 0 Å². The number of rotatable bonds is 1. The minimum absolute atomic E-state index is 0.0810. The van der Waals surface area contributed by atoms with Gasteiger partial charge in [0.1, 0.15) is 11.6 Å². The van der Waals surface area contributed by atoms with E-state index in [0.29, 0.717) is 5.56 Å². The van der Waals surface area contributed by atoms with Gasteiger partial charge in [0.2, 0.25) is 0 Å². The standard InChI is InChI=1S/C8H6N2O2S/c1-5-2-3-7(13)8(10(11)12)6(5)4-9/h2-3,13H,1H3. The molecule has 0 spiro atoms. The lowest BCUT2D eigenvalue weighted by molar-refractivity contribution is -0.388. The Bertz CT molecular complexity index is 409. The predicted octanol–water partition coefficient (Wildman–Crippen LogP) is 2.06. The molecule has 1 aromatic carbocycles. The molecule has 0 aromatic heterocycles. The van der Waals surface area contributed by atoms with E-state index < -0.39 is 4.92 Å². The summed E-state index contributed by atoms with van der Waals surface area (Å²) in [5, 5.41) is 19.2. The van der Waals surface area contributed by atoms with Crippen molar-refractivity contribution in [3.63, 3.8) is 0 Å². The van der Waals surface area contributed by atoms with Gasteiger partial charge in [-0.2, -0.15) is 5.26 Å². The molecule has 0 saturated heterocycles. The molecule has 0 aliphatic rings. The molecule has 13 heavy (non-hydrogen) atoms. The van der Waals surface area contributed by atoms with Crippen molar-refractivity contribution in [3.8, 4) is 6.07 Å². The van der Waals surface area contributed by atoms with Crippen LogP contribution in [0.25, 0.3) is 0 Å². The molecule has 5 heteroatoms. The van der Waals surface area contributed by atoms with E-state index >= 15 is 0 Å². The van der Waals surface area contributed by atoms with Gasteiger partial charge < -0.3 is 0 Å². The summed E-state index contributed by atoms with van der Waals surface area (Å²) in [5.74, 6) is 0. The molecule has 66 valence electrons. The van der Waals surface area contributed by atoms with Crippen LogP contribution in [0.3, 0.4) is 0 Å². The first kappa shape index (κ1) is 9.55. The lowest BCUT2D eigenvalue weighted by atomic mass is 10.1. The van der Waals surface area contributed by atoms with E-state index in [2.05, 4.69) is 12.6 Å². The molecule has 0 heterocycles. The summed E-state index contributed by atoms with van der Waals surface area (Å²) < 4.78 is 0. The number of hydrogen-bond acceptors (Lipinski definition) is 4. The zero-order valence-corrected chi connectivity index (χ0v) is 7.71. The number of nitro groups is 1. The Balaban J connectivity index is 3.55. The maximum atomic E-state index is 10.6. The first-order valence-corrected chi connectivity index (χ1v) is 3.89. The van der Waals surface area contributed by atoms with Gasteiger partial charge in [-0.05, 0) is 18.6 Å². The van der Waals surface area contributed by atoms with E-state index in [1.54, 1.807) is 19.1 Å². The maximum Gasteiger partial charge on any atom is 0.300 e. The Labute approximate surface area is 80.4 Å². The fourth-order valence-electron chi connectivity index (χ4n) is 1.01. The number of nitriles is 1. The second-order valence-corrected chi connectivity index (χ2v) is 2.98. The van der Waals surface area contributed by atoms with E-state index in [1.807, 2.05) is 0 Å². The number of nitro benzene ring substituents is 1. The van der Waals surface area contributed by atoms with Gasteiger partial charge in [-0.1, -0.05) is 6.07 Å². The van der Waals surface area contributed by atoms with Crippen LogP contribution in [0.4, 0.5) is 5.69 Å². The molecule has 0 atom stereocenters. The topological polar surface area (TPSA) is 66.9 Å². The fourth-order valence-corrected chi connectivity index (χ4v) is 1.27. The summed E-state index contributed by atoms with van der Waals surface area (Å²) in [6.45, 7) is 1.65. The highest BCUT2D eigenvalue weighted by Crippen LogP contribution is 2.28. The third-order valence-corrected chi connectivity index (χ3v) is 2.02. The Morgan fingerprint density at radius 3 is 2.62 bits per heavy atom. The SMILES string of the molecule is Cc1ccc(S)c([N+](=O)[O-])c1C#N. The number of aryl methyl sites for hydroxylation is 1. The molecule has 0 bridgehead atoms. The van der Waals surface area contributed by atoms with Crippen LogP contribution in [0.5, 0.6) is 0 Å². The quantitative estimate of drug-likeness (QED) is 0.422. The lowest BCUT2D eigenvalue weighted by Gasteiger charge is -2.00. The minimum Gasteiger partial charge on any atom is -0.258 e. The molecule has 1 aromatic rings. The van der Waals surface area contributed by atoms with Crippen LogP contribution in [0.2, 0.25) is 0 Å². The zero-order valence-electron chi connectivity index (χ0n) is 6.81. The average Bonchev–Trinajstić information content (AvgIpc) is 2.07. The van der Waals surface area contributed by atoms with Crippen LogP contribution in [-0.2, 0) is 0 Å². The zero-order chi connectivity index (χ0) is 10.0. The molecule has 0 aliphatic carbocycles. The molecule has 1 rings (SSSR count). The van der Waals surface area contributed by atoms with Crippen molar-refractivity contribution in [1.82, 2.24) is 0 Å². The molecular formula is C8H6N2O2S. The summed E-state index contributed by atoms with van der Waals surface area (Å²) in [5.41, 5.74) is 0.454. The molecule has 0 unspecified atom stereocenters. The lowest BCUT2D eigenvalue weighted by Crippen LogP contribution is -1.95. The Morgan fingerprint density at radius 1 is 1.62 bits per heavy atom. The molecule has 0 N–H and O–H groups in total. The highest BCUT2D eigenvalue weighted by atomic mass is 32.1. The number of hydrogen-bond donors (Lipinski definition) is 1. The van der Waals surface area contributed by atoms with Crippen molar-refractivity contribution < 1.29 is 4.92 Å². The van der Waals surface area contributed by atoms with Crippen molar-refractivity contribution in [1.29, 1.82) is 5.26 Å². The largest absolute Gasteiger partial charge is 0.300 e. The fraction of sp³-hybridized carbons (Fsp3) is 0.125. The third kappa shape index (κ3) is 1.63. The van der Waals surface area contributed by atoms with Gasteiger partial charge in [0.25, 0.3) is 0 Å². The maximum absolute atomic E-state index is 10.6. The first-order valence-electron chi connectivity index (χ1n) is 3.45. The third-order valence-electron chi connectivity index (χ3n) is 1.66. The van der Waals surface area contributed by atoms with Gasteiger partial charge in [-0.3, -0.25) is 10.1 Å². The van der Waals surface area contributed by atoms with Crippen LogP contribution < -0.4 is 0 Å². The summed E-state index contributed by atoms with van der Waals surface area (Å²) in [6, 6.07) is 4.94. The van der Waals surface area contributed by atoms with Crippen LogP contribution in [0.1, 0.15) is 11.1 Å². The summed E-state index contributed by atoms with van der Waals surface area (Å²) in [7, 11) is 0. The van der Waals surface area contributed by atoms with Crippen LogP contribution >= 0.6 is 12.6 Å². The number of benzene rings is 1. The van der Waals surface area contributed by atoms with Crippen LogP contribution in [0.15, 0.2) is 17.0 Å². The van der Waals surface area contributed by atoms with Crippen molar-refractivity contribution in [2.45, 2.75) is 11.8 Å². The molecule has 4 nitrogen and oxygen atoms in total. The molecule has 0 fully saturated rings. The van der Waals surface area contributed by atoms with Crippen molar-refractivity contribution in [2.75, 3.05) is 0 Å². The highest BCUT2D eigenvalue weighted by molar-refractivity contribution is 7.80. The first-order chi connectivity index (χ1) is 6.07. The van der Waals surface area contributed by atoms with Gasteiger partial charge in [0.05, 0.1) is 9.82 Å². The van der Waals surface area contributed by atoms with E-state index in [4.69, 9.17) is 5.26 Å². The second-order valence-electron chi connectivity index (χ2n) is 2.49. The van der Waals surface area contributed by atoms with Gasteiger partial charge in [0.15, 0.2) is 0 Å². The number of thiol groups is 1. The smallest absolute Gasteiger partial charge is 0.258 e. The molecule has 0 radical (unpaired) electrons. The monoisotopic (exact) mass is 194 g/mol. The number of nitrogens with zero attached hydrogens (tertiary/aromatic N) is 2. The van der Waals surface area contributed by atoms with E-state index in [0.717, 1.165) is 0 Å². The molecule has 0 amide bonds. The molecule has 0 aliphatic heterocycles. The predicted molar refractivity (Wildman–Crippen MR) is 49.8 cm³/mol. The van der Waals surface area contributed by atoms with Crippen LogP contribution in [-0.4, -0.2) is 4.92 Å². The highest BCUT2D eigenvalue weighted by Gasteiger charge is 2.19. The van der Waals surface area contributed by atoms with Crippen molar-refractivity contribution in [3.05, 3.63) is 33.4 Å². The van der Waals surface area contributed by atoms with Gasteiger partial charge in [0, 0.05) is 0 Å². The summed E-state index contributed by atoms with van der Waals surface area (Å²) >= 11 is 3.92. The summed E-state index contributed by atoms with van der Waals surface area (Å²) in [4.78, 5) is 10.2. The van der Waals surface area contributed by atoms with Crippen LogP contribution in [0, 0.1) is 28.4 Å². The second kappa shape index (κ2) is 3.46. The summed E-state index contributed by atoms with van der Waals surface area (Å²) in [6.07, 6.45) is 0. The molecular weight excluding hydrogens is 188 g/mol. The Kier molecular flexibility index (Phi) is 2.54. The Morgan fingerprint density at radius 2 is 2.23 bits per heavy atom.